The van der Waals surface area contributed by atoms with Gasteiger partial charge in [0.2, 0.25) is 5.78 Å². The zero-order valence-corrected chi connectivity index (χ0v) is 16.8. The number of aliphatic hydroxyl groups is 1. The Labute approximate surface area is 172 Å². The molecule has 1 unspecified atom stereocenters. The summed E-state index contributed by atoms with van der Waals surface area (Å²) in [5.41, 5.74) is 2.33. The fourth-order valence-electron chi connectivity index (χ4n) is 3.56. The maximum atomic E-state index is 13.2. The van der Waals surface area contributed by atoms with E-state index in [0.29, 0.717) is 21.9 Å². The first-order valence-electron chi connectivity index (χ1n) is 9.07. The second kappa shape index (κ2) is 7.56. The summed E-state index contributed by atoms with van der Waals surface area (Å²) in [4.78, 5) is 28.3. The number of hydrogen-bond donors (Lipinski definition) is 1. The van der Waals surface area contributed by atoms with Crippen molar-refractivity contribution in [2.75, 3.05) is 12.0 Å². The first kappa shape index (κ1) is 19.0. The molecular formula is C23H19NO4S. The molecule has 1 aliphatic rings. The standard InChI is InChI=1S/C23H19NO4S/c1-14-6-3-4-7-17(14)24-20(15-9-11-16(28-2)12-10-15)19(22(26)23(24)27)21(25)18-8-5-13-29-18/h3-13,20,26H,1-2H3. The second-order valence-electron chi connectivity index (χ2n) is 6.71. The number of nitrogens with zero attached hydrogens (tertiary/aromatic N) is 1. The minimum Gasteiger partial charge on any atom is -0.503 e. The minimum absolute atomic E-state index is 0.0888. The van der Waals surface area contributed by atoms with Crippen LogP contribution in [0.4, 0.5) is 5.69 Å². The normalized spacial score (nSPS) is 16.4. The number of anilines is 1. The summed E-state index contributed by atoms with van der Waals surface area (Å²) in [6.45, 7) is 1.89. The summed E-state index contributed by atoms with van der Waals surface area (Å²) >= 11 is 1.28. The Bertz CT molecular complexity index is 1100. The van der Waals surface area contributed by atoms with E-state index in [1.807, 2.05) is 43.3 Å². The summed E-state index contributed by atoms with van der Waals surface area (Å²) < 4.78 is 5.23. The quantitative estimate of drug-likeness (QED) is 0.617. The van der Waals surface area contributed by atoms with Crippen molar-refractivity contribution in [1.29, 1.82) is 0 Å². The van der Waals surface area contributed by atoms with Crippen LogP contribution in [0.2, 0.25) is 0 Å². The van der Waals surface area contributed by atoms with Crippen LogP contribution in [0.15, 0.2) is 77.4 Å². The van der Waals surface area contributed by atoms with Crippen LogP contribution in [-0.4, -0.2) is 23.9 Å². The highest BCUT2D eigenvalue weighted by atomic mass is 32.1. The van der Waals surface area contributed by atoms with Gasteiger partial charge in [-0.3, -0.25) is 14.5 Å². The average Bonchev–Trinajstić information content (AvgIpc) is 3.36. The molecule has 2 aromatic carbocycles. The zero-order chi connectivity index (χ0) is 20.5. The highest BCUT2D eigenvalue weighted by molar-refractivity contribution is 7.12. The molecule has 0 saturated carbocycles. The van der Waals surface area contributed by atoms with E-state index in [-0.39, 0.29) is 11.4 Å². The molecule has 0 aliphatic carbocycles. The molecule has 29 heavy (non-hydrogen) atoms. The van der Waals surface area contributed by atoms with Gasteiger partial charge in [-0.1, -0.05) is 36.4 Å². The predicted octanol–water partition coefficient (Wildman–Crippen LogP) is 4.85. The lowest BCUT2D eigenvalue weighted by Gasteiger charge is -2.28. The number of ketones is 1. The molecule has 1 aromatic heterocycles. The van der Waals surface area contributed by atoms with E-state index in [0.717, 1.165) is 5.56 Å². The Morgan fingerprint density at radius 3 is 2.41 bits per heavy atom. The van der Waals surface area contributed by atoms with Crippen LogP contribution in [0.5, 0.6) is 5.75 Å². The summed E-state index contributed by atoms with van der Waals surface area (Å²) in [6.07, 6.45) is 0. The van der Waals surface area contributed by atoms with Crippen molar-refractivity contribution in [2.45, 2.75) is 13.0 Å². The van der Waals surface area contributed by atoms with Crippen molar-refractivity contribution in [2.24, 2.45) is 0 Å². The fraction of sp³-hybridized carbons (Fsp3) is 0.130. The third kappa shape index (κ3) is 3.21. The number of ether oxygens (including phenoxy) is 1. The van der Waals surface area contributed by atoms with Crippen LogP contribution in [-0.2, 0) is 4.79 Å². The zero-order valence-electron chi connectivity index (χ0n) is 16.0. The van der Waals surface area contributed by atoms with E-state index in [1.165, 1.54) is 16.2 Å². The van der Waals surface area contributed by atoms with Gasteiger partial charge in [0.05, 0.1) is 23.6 Å². The minimum atomic E-state index is -0.732. The van der Waals surface area contributed by atoms with Gasteiger partial charge in [-0.25, -0.2) is 0 Å². The van der Waals surface area contributed by atoms with Crippen LogP contribution in [0.1, 0.15) is 26.8 Å². The second-order valence-corrected chi connectivity index (χ2v) is 7.65. The molecule has 0 fully saturated rings. The molecule has 0 saturated heterocycles. The van der Waals surface area contributed by atoms with Gasteiger partial charge in [0.15, 0.2) is 5.76 Å². The number of aliphatic hydroxyl groups excluding tert-OH is 1. The fourth-order valence-corrected chi connectivity index (χ4v) is 4.24. The molecule has 146 valence electrons. The summed E-state index contributed by atoms with van der Waals surface area (Å²) in [6, 6.07) is 17.3. The van der Waals surface area contributed by atoms with Crippen molar-refractivity contribution < 1.29 is 19.4 Å². The summed E-state index contributed by atoms with van der Waals surface area (Å²) in [5.74, 6) is -0.768. The first-order valence-corrected chi connectivity index (χ1v) is 9.95. The monoisotopic (exact) mass is 405 g/mol. The molecule has 1 aliphatic heterocycles. The van der Waals surface area contributed by atoms with Crippen molar-refractivity contribution >= 4 is 28.7 Å². The molecule has 2 heterocycles. The number of aryl methyl sites for hydroxylation is 1. The Morgan fingerprint density at radius 2 is 1.79 bits per heavy atom. The van der Waals surface area contributed by atoms with Gasteiger partial charge in [-0.15, -0.1) is 11.3 Å². The van der Waals surface area contributed by atoms with Crippen molar-refractivity contribution in [3.8, 4) is 5.75 Å². The van der Waals surface area contributed by atoms with E-state index < -0.39 is 17.7 Å². The smallest absolute Gasteiger partial charge is 0.294 e. The van der Waals surface area contributed by atoms with Crippen molar-refractivity contribution in [3.05, 3.63) is 93.4 Å². The van der Waals surface area contributed by atoms with Gasteiger partial charge in [-0.05, 0) is 47.7 Å². The lowest BCUT2D eigenvalue weighted by atomic mass is 9.95. The van der Waals surface area contributed by atoms with Gasteiger partial charge >= 0.3 is 0 Å². The largest absolute Gasteiger partial charge is 0.503 e. The lowest BCUT2D eigenvalue weighted by Crippen LogP contribution is -2.31. The highest BCUT2D eigenvalue weighted by Crippen LogP contribution is 2.43. The van der Waals surface area contributed by atoms with Crippen molar-refractivity contribution in [3.63, 3.8) is 0 Å². The molecule has 3 aromatic rings. The van der Waals surface area contributed by atoms with Crippen LogP contribution < -0.4 is 9.64 Å². The molecule has 5 nitrogen and oxygen atoms in total. The van der Waals surface area contributed by atoms with Crippen LogP contribution in [0.3, 0.4) is 0 Å². The number of carbonyl (C=O) groups is 2. The Morgan fingerprint density at radius 1 is 1.07 bits per heavy atom. The van der Waals surface area contributed by atoms with Crippen LogP contribution in [0, 0.1) is 6.92 Å². The molecule has 0 radical (unpaired) electrons. The topological polar surface area (TPSA) is 66.8 Å². The molecular weight excluding hydrogens is 386 g/mol. The van der Waals surface area contributed by atoms with Gasteiger partial charge in [0.25, 0.3) is 5.91 Å². The molecule has 1 amide bonds. The summed E-state index contributed by atoms with van der Waals surface area (Å²) in [5, 5.41) is 12.5. The SMILES string of the molecule is COc1ccc(C2C(C(=O)c3cccs3)=C(O)C(=O)N2c2ccccc2C)cc1. The number of para-hydroxylation sites is 1. The number of carbonyl (C=O) groups excluding carboxylic acids is 2. The molecule has 0 bridgehead atoms. The Kier molecular flexibility index (Phi) is 4.94. The molecule has 4 rings (SSSR count). The third-order valence-corrected chi connectivity index (χ3v) is 5.87. The number of benzene rings is 2. The number of methoxy groups -OCH3 is 1. The molecule has 1 N–H and O–H groups in total. The highest BCUT2D eigenvalue weighted by Gasteiger charge is 2.45. The van der Waals surface area contributed by atoms with E-state index in [4.69, 9.17) is 4.74 Å². The number of Topliss-reactive ketones (excluding diaryl/α,β-unsaturated/α-hetero) is 1. The average molecular weight is 405 g/mol. The molecule has 0 spiro atoms. The van der Waals surface area contributed by atoms with E-state index in [2.05, 4.69) is 0 Å². The Balaban J connectivity index is 1.89. The summed E-state index contributed by atoms with van der Waals surface area (Å²) in [7, 11) is 1.57. The van der Waals surface area contributed by atoms with Gasteiger partial charge < -0.3 is 9.84 Å². The van der Waals surface area contributed by atoms with Crippen LogP contribution >= 0.6 is 11.3 Å². The van der Waals surface area contributed by atoms with Gasteiger partial charge in [0.1, 0.15) is 5.75 Å². The lowest BCUT2D eigenvalue weighted by molar-refractivity contribution is -0.117. The van der Waals surface area contributed by atoms with E-state index in [9.17, 15) is 14.7 Å². The predicted molar refractivity (Wildman–Crippen MR) is 113 cm³/mol. The first-order chi connectivity index (χ1) is 14.0. The number of thiophene rings is 1. The molecule has 1 atom stereocenters. The maximum Gasteiger partial charge on any atom is 0.294 e. The third-order valence-electron chi connectivity index (χ3n) is 5.00. The van der Waals surface area contributed by atoms with Crippen LogP contribution in [0.25, 0.3) is 0 Å². The number of amides is 1. The van der Waals surface area contributed by atoms with Gasteiger partial charge in [0, 0.05) is 5.69 Å². The Hall–Kier alpha value is -3.38. The number of hydrogen-bond acceptors (Lipinski definition) is 5. The van der Waals surface area contributed by atoms with Crippen molar-refractivity contribution in [1.82, 2.24) is 0 Å². The van der Waals surface area contributed by atoms with E-state index >= 15 is 0 Å². The maximum absolute atomic E-state index is 13.2. The number of rotatable bonds is 5. The van der Waals surface area contributed by atoms with E-state index in [1.54, 1.807) is 36.8 Å². The van der Waals surface area contributed by atoms with Gasteiger partial charge in [-0.2, -0.15) is 0 Å². The molecule has 6 heteroatoms.